The van der Waals surface area contributed by atoms with E-state index >= 15 is 0 Å². The molecule has 40 heavy (non-hydrogen) atoms. The Balaban J connectivity index is 0.000000180. The highest BCUT2D eigenvalue weighted by Gasteiger charge is 2.10. The fraction of sp³-hybridized carbons (Fsp3) is 0.0333. The molecule has 10 heteroatoms. The summed E-state index contributed by atoms with van der Waals surface area (Å²) in [6, 6.07) is 22.0. The van der Waals surface area contributed by atoms with Crippen LogP contribution in [0.15, 0.2) is 91.3 Å². The second-order valence-electron chi connectivity index (χ2n) is 7.89. The molecule has 5 rings (SSSR count). The molecule has 5 aromatic rings. The van der Waals surface area contributed by atoms with Crippen molar-refractivity contribution < 1.29 is 18.4 Å². The molecule has 0 aliphatic rings. The summed E-state index contributed by atoms with van der Waals surface area (Å²) in [4.78, 5) is 36.3. The number of fused-ring (bicyclic) bond motifs is 1. The van der Waals surface area contributed by atoms with E-state index < -0.39 is 5.82 Å². The second kappa shape index (κ2) is 14.2. The minimum absolute atomic E-state index is 0.219. The third kappa shape index (κ3) is 7.81. The first-order valence-corrected chi connectivity index (χ1v) is 11.6. The number of ketones is 1. The number of nitriles is 1. The summed E-state index contributed by atoms with van der Waals surface area (Å²) in [5.74, 6) is -1.15. The lowest BCUT2D eigenvalue weighted by Crippen LogP contribution is -2.01. The third-order valence-electron chi connectivity index (χ3n) is 5.16. The SMILES string of the molecule is N#Cc1cc2ncccc2nc1-c1cccc(F)c1.Nc1cccnc1C=O.[C-]#[N+]CC(=O)c1cccc(F)c1. The summed E-state index contributed by atoms with van der Waals surface area (Å²) >= 11 is 0. The molecule has 2 aromatic carbocycles. The van der Waals surface area contributed by atoms with Gasteiger partial charge in [0.1, 0.15) is 23.4 Å². The Bertz CT molecular complexity index is 1750. The summed E-state index contributed by atoms with van der Waals surface area (Å²) in [6.45, 7) is 6.23. The molecule has 8 nitrogen and oxygen atoms in total. The first-order chi connectivity index (χ1) is 19.4. The number of aromatic nitrogens is 3. The standard InChI is InChI=1S/C15H8FN3.C9H6FNO.C6H6N2O/c16-12-4-1-3-10(7-12)15-11(9-17)8-14-13(19-15)5-2-6-18-14;1-11-6-9(12)7-3-2-4-8(10)5-7;7-5-2-1-3-8-6(5)4-9/h1-8H;2-5H,6H2;1-4H,7H2. The van der Waals surface area contributed by atoms with Gasteiger partial charge in [-0.15, -0.1) is 0 Å². The number of benzene rings is 2. The van der Waals surface area contributed by atoms with Crippen LogP contribution in [0.4, 0.5) is 14.5 Å². The number of anilines is 1. The van der Waals surface area contributed by atoms with Crippen molar-refractivity contribution in [1.82, 2.24) is 15.0 Å². The smallest absolute Gasteiger partial charge is 0.276 e. The number of carbonyl (C=O) groups excluding carboxylic acids is 2. The predicted octanol–water partition coefficient (Wildman–Crippen LogP) is 5.71. The fourth-order valence-corrected chi connectivity index (χ4v) is 3.30. The lowest BCUT2D eigenvalue weighted by atomic mass is 10.1. The summed E-state index contributed by atoms with van der Waals surface area (Å²) in [6.07, 6.45) is 3.81. The number of Topliss-reactive ketones (excluding diaryl/α,β-unsaturated/α-hetero) is 1. The van der Waals surface area contributed by atoms with Crippen LogP contribution in [0.5, 0.6) is 0 Å². The van der Waals surface area contributed by atoms with E-state index in [1.54, 1.807) is 42.6 Å². The maximum Gasteiger partial charge on any atom is 0.276 e. The van der Waals surface area contributed by atoms with E-state index in [0.29, 0.717) is 45.5 Å². The number of halogens is 2. The first-order valence-electron chi connectivity index (χ1n) is 11.6. The molecule has 0 fully saturated rings. The number of carbonyl (C=O) groups is 2. The maximum absolute atomic E-state index is 13.3. The Labute approximate surface area is 228 Å². The maximum atomic E-state index is 13.3. The van der Waals surface area contributed by atoms with Gasteiger partial charge >= 0.3 is 0 Å². The molecule has 3 aromatic heterocycles. The van der Waals surface area contributed by atoms with Gasteiger partial charge in [0.05, 0.1) is 28.0 Å². The molecule has 0 aliphatic heterocycles. The molecule has 0 spiro atoms. The Kier molecular flexibility index (Phi) is 10.2. The van der Waals surface area contributed by atoms with Crippen LogP contribution in [0.3, 0.4) is 0 Å². The van der Waals surface area contributed by atoms with Gasteiger partial charge in [0.2, 0.25) is 5.78 Å². The van der Waals surface area contributed by atoms with Crippen molar-refractivity contribution in [3.8, 4) is 17.3 Å². The van der Waals surface area contributed by atoms with Gasteiger partial charge < -0.3 is 10.6 Å². The van der Waals surface area contributed by atoms with Crippen LogP contribution in [0.2, 0.25) is 0 Å². The van der Waals surface area contributed by atoms with Crippen LogP contribution < -0.4 is 5.73 Å². The molecule has 0 bridgehead atoms. The molecule has 0 atom stereocenters. The van der Waals surface area contributed by atoms with Crippen molar-refractivity contribution >= 4 is 28.8 Å². The van der Waals surface area contributed by atoms with Gasteiger partial charge in [0.25, 0.3) is 6.54 Å². The van der Waals surface area contributed by atoms with E-state index in [4.69, 9.17) is 12.3 Å². The number of pyridine rings is 3. The van der Waals surface area contributed by atoms with Gasteiger partial charge in [0, 0.05) is 23.5 Å². The summed E-state index contributed by atoms with van der Waals surface area (Å²) in [7, 11) is 0. The minimum atomic E-state index is -0.453. The average Bonchev–Trinajstić information content (AvgIpc) is 2.97. The van der Waals surface area contributed by atoms with Gasteiger partial charge in [-0.25, -0.2) is 20.3 Å². The summed E-state index contributed by atoms with van der Waals surface area (Å²) < 4.78 is 25.8. The molecular formula is C30H20F2N6O2. The zero-order chi connectivity index (χ0) is 28.9. The van der Waals surface area contributed by atoms with Crippen LogP contribution in [-0.4, -0.2) is 33.6 Å². The Hall–Kier alpha value is -5.87. The predicted molar refractivity (Wildman–Crippen MR) is 146 cm³/mol. The van der Waals surface area contributed by atoms with Crippen molar-refractivity contribution in [1.29, 1.82) is 5.26 Å². The van der Waals surface area contributed by atoms with E-state index in [-0.39, 0.29) is 23.7 Å². The molecule has 0 aliphatic carbocycles. The van der Waals surface area contributed by atoms with Crippen LogP contribution in [-0.2, 0) is 0 Å². The Morgan fingerprint density at radius 3 is 2.27 bits per heavy atom. The minimum Gasteiger partial charge on any atom is -0.397 e. The van der Waals surface area contributed by atoms with E-state index in [0.717, 1.165) is 6.07 Å². The van der Waals surface area contributed by atoms with Gasteiger partial charge in [-0.2, -0.15) is 5.26 Å². The Morgan fingerprint density at radius 2 is 1.65 bits per heavy atom. The van der Waals surface area contributed by atoms with E-state index in [1.807, 2.05) is 6.07 Å². The van der Waals surface area contributed by atoms with Gasteiger partial charge in [0.15, 0.2) is 6.29 Å². The Morgan fingerprint density at radius 1 is 0.950 bits per heavy atom. The van der Waals surface area contributed by atoms with E-state index in [2.05, 4.69) is 25.9 Å². The first kappa shape index (κ1) is 28.7. The van der Waals surface area contributed by atoms with Crippen LogP contribution in [0.25, 0.3) is 27.1 Å². The van der Waals surface area contributed by atoms with Gasteiger partial charge in [-0.05, 0) is 54.6 Å². The zero-order valence-electron chi connectivity index (χ0n) is 20.8. The monoisotopic (exact) mass is 534 g/mol. The van der Waals surface area contributed by atoms with Crippen LogP contribution in [0.1, 0.15) is 26.4 Å². The lowest BCUT2D eigenvalue weighted by Gasteiger charge is -2.05. The van der Waals surface area contributed by atoms with Crippen LogP contribution >= 0.6 is 0 Å². The normalized spacial score (nSPS) is 9.60. The number of nitrogen functional groups attached to an aromatic ring is 1. The summed E-state index contributed by atoms with van der Waals surface area (Å²) in [5, 5.41) is 9.20. The van der Waals surface area contributed by atoms with Crippen molar-refractivity contribution in [2.75, 3.05) is 12.3 Å². The lowest BCUT2D eigenvalue weighted by molar-refractivity contribution is 0.101. The molecule has 0 saturated heterocycles. The number of rotatable bonds is 4. The highest BCUT2D eigenvalue weighted by atomic mass is 19.1. The van der Waals surface area contributed by atoms with Gasteiger partial charge in [-0.3, -0.25) is 19.6 Å². The summed E-state index contributed by atoms with van der Waals surface area (Å²) in [5.41, 5.74) is 9.10. The molecule has 2 N–H and O–H groups in total. The van der Waals surface area contributed by atoms with E-state index in [9.17, 15) is 23.6 Å². The van der Waals surface area contributed by atoms with E-state index in [1.165, 1.54) is 36.5 Å². The van der Waals surface area contributed by atoms with Crippen LogP contribution in [0, 0.1) is 29.5 Å². The highest BCUT2D eigenvalue weighted by molar-refractivity contribution is 5.98. The number of hydrogen-bond acceptors (Lipinski definition) is 7. The quantitative estimate of drug-likeness (QED) is 0.178. The zero-order valence-corrected chi connectivity index (χ0v) is 20.8. The van der Waals surface area contributed by atoms with Crippen molar-refractivity contribution in [3.63, 3.8) is 0 Å². The topological polar surface area (TPSA) is 127 Å². The molecule has 0 radical (unpaired) electrons. The third-order valence-corrected chi connectivity index (χ3v) is 5.16. The van der Waals surface area contributed by atoms with Crippen molar-refractivity contribution in [2.45, 2.75) is 0 Å². The number of aldehydes is 1. The molecule has 0 amide bonds. The second-order valence-corrected chi connectivity index (χ2v) is 7.89. The molecule has 3 heterocycles. The molecule has 0 unspecified atom stereocenters. The fourth-order valence-electron chi connectivity index (χ4n) is 3.30. The molecular weight excluding hydrogens is 514 g/mol. The molecule has 0 saturated carbocycles. The van der Waals surface area contributed by atoms with Gasteiger partial charge in [-0.1, -0.05) is 24.3 Å². The number of nitrogens with two attached hydrogens (primary N) is 1. The largest absolute Gasteiger partial charge is 0.397 e. The van der Waals surface area contributed by atoms with Crippen molar-refractivity contribution in [2.24, 2.45) is 0 Å². The molecule has 196 valence electrons. The van der Waals surface area contributed by atoms with Crippen molar-refractivity contribution in [3.05, 3.63) is 131 Å². The highest BCUT2D eigenvalue weighted by Crippen LogP contribution is 2.24. The number of hydrogen-bond donors (Lipinski definition) is 1. The number of nitrogens with zero attached hydrogens (tertiary/aromatic N) is 5. The average molecular weight is 535 g/mol.